The van der Waals surface area contributed by atoms with E-state index in [1.807, 2.05) is 19.1 Å². The number of hydrogen-bond acceptors (Lipinski definition) is 5. The van der Waals surface area contributed by atoms with Gasteiger partial charge in [-0.1, -0.05) is 30.3 Å². The number of ether oxygens (including phenoxy) is 2. The van der Waals surface area contributed by atoms with Crippen LogP contribution in [0.2, 0.25) is 0 Å². The van der Waals surface area contributed by atoms with Crippen molar-refractivity contribution in [2.75, 3.05) is 11.9 Å². The maximum atomic E-state index is 11.9. The van der Waals surface area contributed by atoms with E-state index in [2.05, 4.69) is 10.6 Å². The van der Waals surface area contributed by atoms with Gasteiger partial charge in [-0.3, -0.25) is 10.1 Å². The highest BCUT2D eigenvalue weighted by molar-refractivity contribution is 6.01. The number of hydrogen-bond donors (Lipinski definition) is 2. The maximum Gasteiger partial charge on any atom is 0.347 e. The number of anilines is 1. The minimum atomic E-state index is -0.886. The van der Waals surface area contributed by atoms with Gasteiger partial charge in [0.05, 0.1) is 0 Å². The molecule has 1 atom stereocenters. The third kappa shape index (κ3) is 6.27. The average Bonchev–Trinajstić information content (AvgIpc) is 2.60. The third-order valence-electron chi connectivity index (χ3n) is 3.26. The predicted octanol–water partition coefficient (Wildman–Crippen LogP) is 2.65. The second-order valence-corrected chi connectivity index (χ2v) is 5.55. The van der Waals surface area contributed by atoms with Gasteiger partial charge < -0.3 is 14.8 Å². The fourth-order valence-electron chi connectivity index (χ4n) is 2.04. The Balaban J connectivity index is 1.73. The van der Waals surface area contributed by atoms with Crippen molar-refractivity contribution < 1.29 is 23.9 Å². The Morgan fingerprint density at radius 3 is 2.46 bits per heavy atom. The number of amides is 3. The molecule has 26 heavy (non-hydrogen) atoms. The number of aryl methyl sites for hydroxylation is 1. The zero-order valence-electron chi connectivity index (χ0n) is 14.5. The highest BCUT2D eigenvalue weighted by atomic mass is 16.6. The summed E-state index contributed by atoms with van der Waals surface area (Å²) < 4.78 is 10.3. The van der Waals surface area contributed by atoms with Crippen LogP contribution in [0.3, 0.4) is 0 Å². The van der Waals surface area contributed by atoms with Gasteiger partial charge in [-0.15, -0.1) is 0 Å². The summed E-state index contributed by atoms with van der Waals surface area (Å²) in [5.74, 6) is -0.916. The average molecular weight is 356 g/mol. The van der Waals surface area contributed by atoms with Crippen molar-refractivity contribution in [2.24, 2.45) is 0 Å². The van der Waals surface area contributed by atoms with Gasteiger partial charge in [-0.2, -0.15) is 0 Å². The van der Waals surface area contributed by atoms with Crippen LogP contribution in [0.1, 0.15) is 12.5 Å². The van der Waals surface area contributed by atoms with E-state index in [0.717, 1.165) is 5.56 Å². The number of urea groups is 1. The van der Waals surface area contributed by atoms with E-state index < -0.39 is 30.6 Å². The molecular formula is C19H20N2O5. The summed E-state index contributed by atoms with van der Waals surface area (Å²) in [4.78, 5) is 35.2. The molecule has 0 saturated heterocycles. The first-order valence-corrected chi connectivity index (χ1v) is 8.00. The first-order chi connectivity index (χ1) is 12.4. The van der Waals surface area contributed by atoms with Crippen molar-refractivity contribution in [3.63, 3.8) is 0 Å². The van der Waals surface area contributed by atoms with Crippen LogP contribution < -0.4 is 15.4 Å². The second-order valence-electron chi connectivity index (χ2n) is 5.55. The molecule has 2 aromatic rings. The van der Waals surface area contributed by atoms with Crippen LogP contribution in [0.25, 0.3) is 0 Å². The van der Waals surface area contributed by atoms with Gasteiger partial charge in [0.2, 0.25) is 0 Å². The molecule has 136 valence electrons. The van der Waals surface area contributed by atoms with Gasteiger partial charge in [0.1, 0.15) is 5.75 Å². The smallest absolute Gasteiger partial charge is 0.347 e. The molecule has 0 heterocycles. The van der Waals surface area contributed by atoms with E-state index in [-0.39, 0.29) is 0 Å². The fourth-order valence-corrected chi connectivity index (χ4v) is 2.04. The summed E-state index contributed by atoms with van der Waals surface area (Å²) in [6.45, 7) is 2.84. The third-order valence-corrected chi connectivity index (χ3v) is 3.26. The predicted molar refractivity (Wildman–Crippen MR) is 95.8 cm³/mol. The number of carbonyl (C=O) groups excluding carboxylic acids is 3. The van der Waals surface area contributed by atoms with Crippen LogP contribution in [0.5, 0.6) is 5.75 Å². The summed E-state index contributed by atoms with van der Waals surface area (Å²) in [7, 11) is 0. The topological polar surface area (TPSA) is 93.7 Å². The minimum Gasteiger partial charge on any atom is -0.479 e. The van der Waals surface area contributed by atoms with Gasteiger partial charge in [0.25, 0.3) is 5.91 Å². The number of esters is 1. The first-order valence-electron chi connectivity index (χ1n) is 8.00. The van der Waals surface area contributed by atoms with Crippen LogP contribution in [0.4, 0.5) is 10.5 Å². The van der Waals surface area contributed by atoms with Gasteiger partial charge in [-0.05, 0) is 43.7 Å². The van der Waals surface area contributed by atoms with Crippen molar-refractivity contribution in [1.29, 1.82) is 0 Å². The van der Waals surface area contributed by atoms with E-state index in [9.17, 15) is 14.4 Å². The zero-order valence-corrected chi connectivity index (χ0v) is 14.5. The minimum absolute atomic E-state index is 0.529. The summed E-state index contributed by atoms with van der Waals surface area (Å²) in [5.41, 5.74) is 1.53. The second kappa shape index (κ2) is 9.22. The number of imide groups is 1. The van der Waals surface area contributed by atoms with Crippen molar-refractivity contribution in [1.82, 2.24) is 5.32 Å². The SMILES string of the molecule is Cc1cccc(O[C@H](C)C(=O)OCC(=O)NC(=O)Nc2ccccc2)c1. The van der Waals surface area contributed by atoms with E-state index >= 15 is 0 Å². The van der Waals surface area contributed by atoms with Crippen molar-refractivity contribution in [3.05, 3.63) is 60.2 Å². The summed E-state index contributed by atoms with van der Waals surface area (Å²) in [6, 6.07) is 15.1. The Kier molecular flexibility index (Phi) is 6.73. The molecule has 2 aromatic carbocycles. The summed E-state index contributed by atoms with van der Waals surface area (Å²) >= 11 is 0. The Hall–Kier alpha value is -3.35. The Morgan fingerprint density at radius 1 is 1.04 bits per heavy atom. The standard InChI is InChI=1S/C19H20N2O5/c1-13-7-6-10-16(11-13)26-14(2)18(23)25-12-17(22)21-19(24)20-15-8-4-3-5-9-15/h3-11,14H,12H2,1-2H3,(H2,20,21,22,24)/t14-/m1/s1. The molecule has 2 rings (SSSR count). The Labute approximate surface area is 151 Å². The molecule has 0 aromatic heterocycles. The van der Waals surface area contributed by atoms with Crippen molar-refractivity contribution >= 4 is 23.6 Å². The van der Waals surface area contributed by atoms with Crippen LogP contribution >= 0.6 is 0 Å². The molecule has 0 bridgehead atoms. The molecule has 0 aliphatic heterocycles. The molecule has 0 radical (unpaired) electrons. The quantitative estimate of drug-likeness (QED) is 0.776. The Morgan fingerprint density at radius 2 is 1.77 bits per heavy atom. The lowest BCUT2D eigenvalue weighted by molar-refractivity contribution is -0.154. The lowest BCUT2D eigenvalue weighted by Gasteiger charge is -2.14. The molecule has 3 amide bonds. The first kappa shape index (κ1) is 19.0. The lowest BCUT2D eigenvalue weighted by Crippen LogP contribution is -2.38. The Bertz CT molecular complexity index is 777. The molecule has 0 saturated carbocycles. The highest BCUT2D eigenvalue weighted by Crippen LogP contribution is 2.14. The molecule has 7 nitrogen and oxygen atoms in total. The number of para-hydroxylation sites is 1. The van der Waals surface area contributed by atoms with Crippen LogP contribution in [-0.4, -0.2) is 30.6 Å². The normalized spacial score (nSPS) is 11.2. The maximum absolute atomic E-state index is 11.9. The molecular weight excluding hydrogens is 336 g/mol. The van der Waals surface area contributed by atoms with Crippen LogP contribution in [-0.2, 0) is 14.3 Å². The number of rotatable bonds is 6. The van der Waals surface area contributed by atoms with Crippen molar-refractivity contribution in [3.8, 4) is 5.75 Å². The molecule has 0 fully saturated rings. The largest absolute Gasteiger partial charge is 0.479 e. The van der Waals surface area contributed by atoms with E-state index in [4.69, 9.17) is 9.47 Å². The lowest BCUT2D eigenvalue weighted by atomic mass is 10.2. The van der Waals surface area contributed by atoms with Crippen molar-refractivity contribution in [2.45, 2.75) is 20.0 Å². The van der Waals surface area contributed by atoms with E-state index in [1.165, 1.54) is 6.92 Å². The monoisotopic (exact) mass is 356 g/mol. The summed E-state index contributed by atoms with van der Waals surface area (Å²) in [5, 5.41) is 4.56. The van der Waals surface area contributed by atoms with Gasteiger partial charge in [-0.25, -0.2) is 9.59 Å². The fraction of sp³-hybridized carbons (Fsp3) is 0.211. The molecule has 0 unspecified atom stereocenters. The van der Waals surface area contributed by atoms with Gasteiger partial charge >= 0.3 is 12.0 Å². The molecule has 7 heteroatoms. The molecule has 0 aliphatic rings. The zero-order chi connectivity index (χ0) is 18.9. The molecule has 0 aliphatic carbocycles. The molecule has 2 N–H and O–H groups in total. The highest BCUT2D eigenvalue weighted by Gasteiger charge is 2.18. The number of carbonyl (C=O) groups is 3. The summed E-state index contributed by atoms with van der Waals surface area (Å²) in [6.07, 6.45) is -0.886. The molecule has 0 spiro atoms. The van der Waals surface area contributed by atoms with Crippen LogP contribution in [0, 0.1) is 6.92 Å². The number of benzene rings is 2. The number of nitrogens with one attached hydrogen (secondary N) is 2. The van der Waals surface area contributed by atoms with Gasteiger partial charge in [0.15, 0.2) is 12.7 Å². The van der Waals surface area contributed by atoms with Gasteiger partial charge in [0, 0.05) is 5.69 Å². The van der Waals surface area contributed by atoms with E-state index in [0.29, 0.717) is 11.4 Å². The van der Waals surface area contributed by atoms with Crippen LogP contribution in [0.15, 0.2) is 54.6 Å². The van der Waals surface area contributed by atoms with E-state index in [1.54, 1.807) is 42.5 Å².